The average Bonchev–Trinajstić information content (AvgIpc) is 2.75. The van der Waals surface area contributed by atoms with Gasteiger partial charge in [-0.2, -0.15) is 0 Å². The number of hydrogen-bond donors (Lipinski definition) is 2. The van der Waals surface area contributed by atoms with Gasteiger partial charge in [0, 0.05) is 32.2 Å². The fourth-order valence-corrected chi connectivity index (χ4v) is 2.59. The molecule has 2 rings (SSSR count). The number of nitrogens with zero attached hydrogens (tertiary/aromatic N) is 1. The van der Waals surface area contributed by atoms with E-state index in [2.05, 4.69) is 22.5 Å². The van der Waals surface area contributed by atoms with Crippen LogP contribution in [0.4, 0.5) is 0 Å². The van der Waals surface area contributed by atoms with Crippen molar-refractivity contribution in [1.29, 1.82) is 0 Å². The van der Waals surface area contributed by atoms with Gasteiger partial charge in [-0.25, -0.2) is 0 Å². The van der Waals surface area contributed by atoms with Crippen LogP contribution < -0.4 is 10.6 Å². The maximum absolute atomic E-state index is 12.2. The molecule has 4 nitrogen and oxygen atoms in total. The molecule has 2 N–H and O–H groups in total. The molecule has 0 saturated carbocycles. The second-order valence-corrected chi connectivity index (χ2v) is 5.01. The average molecular weight is 225 g/mol. The van der Waals surface area contributed by atoms with E-state index in [0.29, 0.717) is 11.9 Å². The molecular weight excluding hydrogens is 202 g/mol. The summed E-state index contributed by atoms with van der Waals surface area (Å²) >= 11 is 0. The van der Waals surface area contributed by atoms with Crippen LogP contribution in [-0.2, 0) is 4.79 Å². The molecule has 16 heavy (non-hydrogen) atoms. The summed E-state index contributed by atoms with van der Waals surface area (Å²) in [5.74, 6) is 0.596. The van der Waals surface area contributed by atoms with E-state index in [1.807, 2.05) is 0 Å². The lowest BCUT2D eigenvalue weighted by atomic mass is 10.1. The molecule has 0 aromatic heterocycles. The monoisotopic (exact) mass is 225 g/mol. The van der Waals surface area contributed by atoms with Crippen molar-refractivity contribution in [3.63, 3.8) is 0 Å². The number of carbonyl (C=O) groups excluding carboxylic acids is 1. The Bertz CT molecular complexity index is 228. The topological polar surface area (TPSA) is 44.4 Å². The third kappa shape index (κ3) is 2.95. The fourth-order valence-electron chi connectivity index (χ4n) is 2.59. The van der Waals surface area contributed by atoms with Crippen LogP contribution in [0.1, 0.15) is 26.2 Å². The molecule has 0 bridgehead atoms. The van der Waals surface area contributed by atoms with Crippen molar-refractivity contribution in [2.75, 3.05) is 32.7 Å². The second kappa shape index (κ2) is 5.64. The van der Waals surface area contributed by atoms with E-state index in [4.69, 9.17) is 0 Å². The Hall–Kier alpha value is -0.610. The highest BCUT2D eigenvalue weighted by Gasteiger charge is 2.27. The summed E-state index contributed by atoms with van der Waals surface area (Å²) < 4.78 is 0. The summed E-state index contributed by atoms with van der Waals surface area (Å²) in [4.78, 5) is 14.3. The third-order valence-corrected chi connectivity index (χ3v) is 3.66. The number of hydrogen-bond acceptors (Lipinski definition) is 3. The molecular formula is C12H23N3O. The minimum Gasteiger partial charge on any atom is -0.341 e. The third-order valence-electron chi connectivity index (χ3n) is 3.66. The van der Waals surface area contributed by atoms with E-state index in [1.54, 1.807) is 0 Å². The second-order valence-electron chi connectivity index (χ2n) is 5.01. The molecule has 1 amide bonds. The molecule has 0 radical (unpaired) electrons. The Morgan fingerprint density at radius 2 is 2.12 bits per heavy atom. The van der Waals surface area contributed by atoms with Crippen LogP contribution in [0.2, 0.25) is 0 Å². The lowest BCUT2D eigenvalue weighted by Gasteiger charge is -2.29. The van der Waals surface area contributed by atoms with Crippen LogP contribution in [0.3, 0.4) is 0 Å². The van der Waals surface area contributed by atoms with Crippen LogP contribution in [0, 0.1) is 5.92 Å². The maximum Gasteiger partial charge on any atom is 0.227 e. The fraction of sp³-hybridized carbons (Fsp3) is 0.917. The van der Waals surface area contributed by atoms with Gasteiger partial charge in [-0.3, -0.25) is 4.79 Å². The summed E-state index contributed by atoms with van der Waals surface area (Å²) in [5.41, 5.74) is 0. The molecule has 0 aromatic rings. The van der Waals surface area contributed by atoms with Gasteiger partial charge in [0.15, 0.2) is 0 Å². The molecule has 2 heterocycles. The Kier molecular flexibility index (Phi) is 4.18. The molecule has 0 spiro atoms. The molecule has 4 heteroatoms. The van der Waals surface area contributed by atoms with Crippen molar-refractivity contribution in [2.45, 2.75) is 32.2 Å². The minimum absolute atomic E-state index is 0.233. The van der Waals surface area contributed by atoms with Gasteiger partial charge in [0.05, 0.1) is 5.92 Å². The van der Waals surface area contributed by atoms with Crippen LogP contribution in [0.25, 0.3) is 0 Å². The van der Waals surface area contributed by atoms with Crippen LogP contribution in [-0.4, -0.2) is 49.6 Å². The first-order valence-electron chi connectivity index (χ1n) is 6.50. The molecule has 2 saturated heterocycles. The van der Waals surface area contributed by atoms with Crippen LogP contribution >= 0.6 is 0 Å². The quantitative estimate of drug-likeness (QED) is 0.670. The molecule has 2 fully saturated rings. The number of rotatable bonds is 1. The van der Waals surface area contributed by atoms with Crippen molar-refractivity contribution < 1.29 is 4.79 Å². The first-order chi connectivity index (χ1) is 7.77. The highest BCUT2D eigenvalue weighted by molar-refractivity contribution is 5.79. The van der Waals surface area contributed by atoms with E-state index < -0.39 is 0 Å². The number of nitrogens with one attached hydrogen (secondary N) is 2. The Labute approximate surface area is 97.8 Å². The van der Waals surface area contributed by atoms with E-state index >= 15 is 0 Å². The van der Waals surface area contributed by atoms with Crippen molar-refractivity contribution in [3.8, 4) is 0 Å². The largest absolute Gasteiger partial charge is 0.341 e. The Morgan fingerprint density at radius 1 is 1.25 bits per heavy atom. The highest BCUT2D eigenvalue weighted by Crippen LogP contribution is 2.13. The van der Waals surface area contributed by atoms with Gasteiger partial charge < -0.3 is 15.5 Å². The number of carbonyl (C=O) groups is 1. The summed E-state index contributed by atoms with van der Waals surface area (Å²) in [6.07, 6.45) is 3.31. The van der Waals surface area contributed by atoms with Crippen LogP contribution in [0.15, 0.2) is 0 Å². The van der Waals surface area contributed by atoms with E-state index in [-0.39, 0.29) is 5.92 Å². The molecule has 2 atom stereocenters. The predicted molar refractivity (Wildman–Crippen MR) is 64.3 cm³/mol. The summed E-state index contributed by atoms with van der Waals surface area (Å²) in [7, 11) is 0. The normalized spacial score (nSPS) is 32.2. The van der Waals surface area contributed by atoms with Gasteiger partial charge in [0.1, 0.15) is 0 Å². The van der Waals surface area contributed by atoms with Crippen molar-refractivity contribution in [3.05, 3.63) is 0 Å². The van der Waals surface area contributed by atoms with Crippen molar-refractivity contribution in [1.82, 2.24) is 15.5 Å². The number of amides is 1. The van der Waals surface area contributed by atoms with Gasteiger partial charge >= 0.3 is 0 Å². The zero-order valence-electron chi connectivity index (χ0n) is 10.2. The molecule has 0 aromatic carbocycles. The predicted octanol–water partition coefficient (Wildman–Crippen LogP) is 0.196. The van der Waals surface area contributed by atoms with Gasteiger partial charge in [-0.05, 0) is 32.7 Å². The Balaban J connectivity index is 1.85. The van der Waals surface area contributed by atoms with E-state index in [0.717, 1.165) is 45.6 Å². The Morgan fingerprint density at radius 3 is 2.88 bits per heavy atom. The van der Waals surface area contributed by atoms with Crippen molar-refractivity contribution in [2.24, 2.45) is 5.92 Å². The molecule has 92 valence electrons. The van der Waals surface area contributed by atoms with Crippen molar-refractivity contribution >= 4 is 5.91 Å². The maximum atomic E-state index is 12.2. The standard InChI is InChI=1S/C12H23N3O/c1-10-3-2-7-15(8-6-14-10)12(16)11-4-5-13-9-11/h10-11,13-14H,2-9H2,1H3. The SMILES string of the molecule is CC1CCCN(C(=O)C2CCNC2)CCN1. The lowest BCUT2D eigenvalue weighted by Crippen LogP contribution is -2.45. The van der Waals surface area contributed by atoms with Gasteiger partial charge in [0.2, 0.25) is 5.91 Å². The molecule has 2 aliphatic rings. The zero-order chi connectivity index (χ0) is 11.4. The molecule has 2 aliphatic heterocycles. The minimum atomic E-state index is 0.233. The summed E-state index contributed by atoms with van der Waals surface area (Å²) in [6, 6.07) is 0.602. The van der Waals surface area contributed by atoms with Gasteiger partial charge in [0.25, 0.3) is 0 Å². The molecule has 0 aliphatic carbocycles. The zero-order valence-corrected chi connectivity index (χ0v) is 10.2. The highest BCUT2D eigenvalue weighted by atomic mass is 16.2. The van der Waals surface area contributed by atoms with E-state index in [9.17, 15) is 4.79 Å². The van der Waals surface area contributed by atoms with Crippen LogP contribution in [0.5, 0.6) is 0 Å². The first-order valence-corrected chi connectivity index (χ1v) is 6.50. The smallest absolute Gasteiger partial charge is 0.227 e. The first kappa shape index (κ1) is 11.9. The van der Waals surface area contributed by atoms with E-state index in [1.165, 1.54) is 6.42 Å². The van der Waals surface area contributed by atoms with Gasteiger partial charge in [-0.1, -0.05) is 0 Å². The summed E-state index contributed by atoms with van der Waals surface area (Å²) in [5, 5.41) is 6.71. The van der Waals surface area contributed by atoms with Gasteiger partial charge in [-0.15, -0.1) is 0 Å². The lowest BCUT2D eigenvalue weighted by molar-refractivity contribution is -0.135. The molecule has 2 unspecified atom stereocenters. The summed E-state index contributed by atoms with van der Waals surface area (Å²) in [6.45, 7) is 6.85.